The largest absolute Gasteiger partial charge is 0.213 e. The van der Waals surface area contributed by atoms with Gasteiger partial charge in [-0.25, -0.2) is 0 Å². The third-order valence-electron chi connectivity index (χ3n) is 6.85. The Kier molecular flexibility index (Phi) is 4.63. The summed E-state index contributed by atoms with van der Waals surface area (Å²) in [6.45, 7) is 9.38. The number of nitrogens with zero attached hydrogens (tertiary/aromatic N) is 1. The molecule has 0 saturated heterocycles. The standard InChI is InChI=1S/C26H30N/c1-5-20-17-25-23-16-12-11-15-22(23)19(4)26(6-2,7-3)27(25)18-24(20)21-13-9-8-10-14-21/h8-19H,5-7H2,1-4H3/q+1. The zero-order chi connectivity index (χ0) is 19.0. The Balaban J connectivity index is 2.06. The quantitative estimate of drug-likeness (QED) is 0.470. The van der Waals surface area contributed by atoms with Crippen LogP contribution in [0.2, 0.25) is 0 Å². The fraction of sp³-hybridized carbons (Fsp3) is 0.346. The zero-order valence-electron chi connectivity index (χ0n) is 17.0. The lowest BCUT2D eigenvalue weighted by molar-refractivity contribution is -0.761. The molecule has 138 valence electrons. The highest BCUT2D eigenvalue weighted by Crippen LogP contribution is 2.45. The fourth-order valence-corrected chi connectivity index (χ4v) is 5.15. The summed E-state index contributed by atoms with van der Waals surface area (Å²) in [5.41, 5.74) is 8.52. The highest BCUT2D eigenvalue weighted by Gasteiger charge is 2.49. The molecule has 1 atom stereocenters. The van der Waals surface area contributed by atoms with Crippen molar-refractivity contribution in [1.82, 2.24) is 0 Å². The van der Waals surface area contributed by atoms with Crippen LogP contribution in [0.3, 0.4) is 0 Å². The summed E-state index contributed by atoms with van der Waals surface area (Å²) in [7, 11) is 0. The van der Waals surface area contributed by atoms with Gasteiger partial charge in [0.25, 0.3) is 0 Å². The van der Waals surface area contributed by atoms with Crippen molar-refractivity contribution in [3.8, 4) is 22.4 Å². The van der Waals surface area contributed by atoms with E-state index in [2.05, 4.69) is 99.1 Å². The van der Waals surface area contributed by atoms with Crippen molar-refractivity contribution in [1.29, 1.82) is 0 Å². The molecule has 27 heavy (non-hydrogen) atoms. The number of rotatable bonds is 4. The SMILES string of the molecule is CCc1cc2[n+](cc1-c1ccccc1)C(CC)(CC)C(C)c1ccccc1-2. The summed E-state index contributed by atoms with van der Waals surface area (Å²) in [6, 6.07) is 22.3. The molecular formula is C26H30N+. The molecule has 1 aliphatic rings. The molecule has 1 aromatic heterocycles. The van der Waals surface area contributed by atoms with Crippen LogP contribution < -0.4 is 4.57 Å². The highest BCUT2D eigenvalue weighted by atomic mass is 15.1. The number of aryl methyl sites for hydroxylation is 1. The molecule has 0 N–H and O–H groups in total. The van der Waals surface area contributed by atoms with Crippen LogP contribution in [0.5, 0.6) is 0 Å². The van der Waals surface area contributed by atoms with Crippen molar-refractivity contribution in [2.45, 2.75) is 58.4 Å². The van der Waals surface area contributed by atoms with Gasteiger partial charge in [0.15, 0.2) is 11.7 Å². The molecule has 0 radical (unpaired) electrons. The number of hydrogen-bond donors (Lipinski definition) is 0. The molecule has 1 aliphatic heterocycles. The molecule has 2 aromatic carbocycles. The van der Waals surface area contributed by atoms with Gasteiger partial charge in [0.2, 0.25) is 5.69 Å². The van der Waals surface area contributed by atoms with E-state index in [1.54, 1.807) is 0 Å². The molecule has 1 unspecified atom stereocenters. The average Bonchev–Trinajstić information content (AvgIpc) is 2.74. The second-order valence-electron chi connectivity index (χ2n) is 7.81. The van der Waals surface area contributed by atoms with Crippen molar-refractivity contribution >= 4 is 0 Å². The Bertz CT molecular complexity index is 951. The van der Waals surface area contributed by atoms with E-state index < -0.39 is 0 Å². The van der Waals surface area contributed by atoms with E-state index in [-0.39, 0.29) is 5.54 Å². The van der Waals surface area contributed by atoms with Gasteiger partial charge in [0.1, 0.15) is 0 Å². The minimum Gasteiger partial charge on any atom is -0.192 e. The summed E-state index contributed by atoms with van der Waals surface area (Å²) in [5, 5.41) is 0. The molecule has 0 amide bonds. The van der Waals surface area contributed by atoms with Crippen LogP contribution in [-0.4, -0.2) is 0 Å². The van der Waals surface area contributed by atoms with Crippen LogP contribution in [-0.2, 0) is 12.0 Å². The third kappa shape index (κ3) is 2.64. The van der Waals surface area contributed by atoms with E-state index in [0.29, 0.717) is 5.92 Å². The predicted octanol–water partition coefficient (Wildman–Crippen LogP) is 6.50. The Hall–Kier alpha value is -2.41. The molecule has 0 bridgehead atoms. The maximum absolute atomic E-state index is 2.61. The minimum absolute atomic E-state index is 0.124. The average molecular weight is 357 g/mol. The molecule has 2 heterocycles. The van der Waals surface area contributed by atoms with Gasteiger partial charge in [-0.1, -0.05) is 76.2 Å². The molecule has 0 spiro atoms. The number of pyridine rings is 1. The maximum Gasteiger partial charge on any atom is 0.213 e. The second kappa shape index (κ2) is 6.96. The van der Waals surface area contributed by atoms with E-state index in [9.17, 15) is 0 Å². The van der Waals surface area contributed by atoms with Crippen molar-refractivity contribution < 1.29 is 4.57 Å². The van der Waals surface area contributed by atoms with Gasteiger partial charge >= 0.3 is 0 Å². The lowest BCUT2D eigenvalue weighted by Crippen LogP contribution is -2.61. The van der Waals surface area contributed by atoms with Crippen molar-refractivity contribution in [2.24, 2.45) is 0 Å². The number of benzene rings is 2. The Morgan fingerprint density at radius 1 is 0.852 bits per heavy atom. The van der Waals surface area contributed by atoms with Gasteiger partial charge in [-0.2, -0.15) is 4.57 Å². The molecule has 1 heteroatoms. The van der Waals surface area contributed by atoms with Gasteiger partial charge in [-0.3, -0.25) is 0 Å². The molecular weight excluding hydrogens is 326 g/mol. The number of hydrogen-bond acceptors (Lipinski definition) is 0. The first kappa shape index (κ1) is 18.0. The predicted molar refractivity (Wildman–Crippen MR) is 114 cm³/mol. The van der Waals surface area contributed by atoms with E-state index >= 15 is 0 Å². The van der Waals surface area contributed by atoms with Gasteiger partial charge in [-0.05, 0) is 29.2 Å². The number of aromatic nitrogens is 1. The van der Waals surface area contributed by atoms with Crippen molar-refractivity contribution in [3.05, 3.63) is 78.0 Å². The van der Waals surface area contributed by atoms with Crippen LogP contribution in [0.4, 0.5) is 0 Å². The van der Waals surface area contributed by atoms with Crippen LogP contribution in [0.15, 0.2) is 66.9 Å². The normalized spacial score (nSPS) is 17.3. The Labute approximate surface area is 163 Å². The zero-order valence-corrected chi connectivity index (χ0v) is 17.0. The Morgan fingerprint density at radius 2 is 1.52 bits per heavy atom. The summed E-state index contributed by atoms with van der Waals surface area (Å²) in [6.07, 6.45) is 5.76. The lowest BCUT2D eigenvalue weighted by atomic mass is 9.71. The van der Waals surface area contributed by atoms with E-state index in [1.165, 1.54) is 33.5 Å². The Morgan fingerprint density at radius 3 is 2.19 bits per heavy atom. The van der Waals surface area contributed by atoms with Gasteiger partial charge in [0, 0.05) is 36.0 Å². The van der Waals surface area contributed by atoms with Crippen LogP contribution >= 0.6 is 0 Å². The maximum atomic E-state index is 2.61. The van der Waals surface area contributed by atoms with Crippen molar-refractivity contribution in [2.75, 3.05) is 0 Å². The topological polar surface area (TPSA) is 3.88 Å². The summed E-state index contributed by atoms with van der Waals surface area (Å²) < 4.78 is 2.61. The molecule has 1 nitrogen and oxygen atoms in total. The second-order valence-corrected chi connectivity index (χ2v) is 7.81. The summed E-state index contributed by atoms with van der Waals surface area (Å²) in [5.74, 6) is 0.497. The third-order valence-corrected chi connectivity index (χ3v) is 6.85. The lowest BCUT2D eigenvalue weighted by Gasteiger charge is -2.38. The van der Waals surface area contributed by atoms with Crippen LogP contribution in [0, 0.1) is 0 Å². The summed E-state index contributed by atoms with van der Waals surface area (Å²) >= 11 is 0. The summed E-state index contributed by atoms with van der Waals surface area (Å²) in [4.78, 5) is 0. The molecule has 0 aliphatic carbocycles. The molecule has 4 rings (SSSR count). The molecule has 0 saturated carbocycles. The smallest absolute Gasteiger partial charge is 0.192 e. The highest BCUT2D eigenvalue weighted by molar-refractivity contribution is 5.71. The van der Waals surface area contributed by atoms with Crippen LogP contribution in [0.25, 0.3) is 22.4 Å². The van der Waals surface area contributed by atoms with Gasteiger partial charge in [-0.15, -0.1) is 0 Å². The van der Waals surface area contributed by atoms with E-state index in [0.717, 1.165) is 19.3 Å². The fourth-order valence-electron chi connectivity index (χ4n) is 5.15. The minimum atomic E-state index is 0.124. The molecule has 0 fully saturated rings. The first-order chi connectivity index (χ1) is 13.2. The monoisotopic (exact) mass is 356 g/mol. The first-order valence-corrected chi connectivity index (χ1v) is 10.4. The number of fused-ring (bicyclic) bond motifs is 3. The van der Waals surface area contributed by atoms with E-state index in [1.807, 2.05) is 0 Å². The van der Waals surface area contributed by atoms with Crippen LogP contribution in [0.1, 0.15) is 57.6 Å². The first-order valence-electron chi connectivity index (χ1n) is 10.4. The van der Waals surface area contributed by atoms with Gasteiger partial charge in [0.05, 0.1) is 0 Å². The molecule has 3 aromatic rings. The van der Waals surface area contributed by atoms with E-state index in [4.69, 9.17) is 0 Å². The van der Waals surface area contributed by atoms with Crippen molar-refractivity contribution in [3.63, 3.8) is 0 Å². The van der Waals surface area contributed by atoms with Gasteiger partial charge < -0.3 is 0 Å².